The van der Waals surface area contributed by atoms with Gasteiger partial charge in [0.1, 0.15) is 5.75 Å². The third kappa shape index (κ3) is 5.64. The molecular weight excluding hydrogens is 454 g/mol. The summed E-state index contributed by atoms with van der Waals surface area (Å²) in [5, 5.41) is 4.52. The van der Waals surface area contributed by atoms with Crippen LogP contribution in [0.1, 0.15) is 25.1 Å². The molecule has 0 atom stereocenters. The number of pyridine rings is 2. The zero-order valence-electron chi connectivity index (χ0n) is 18.7. The molecule has 0 saturated heterocycles. The van der Waals surface area contributed by atoms with Crippen molar-refractivity contribution >= 4 is 44.3 Å². The molecule has 0 aliphatic rings. The zero-order valence-corrected chi connectivity index (χ0v) is 20.3. The average molecular weight is 480 g/mol. The van der Waals surface area contributed by atoms with Gasteiger partial charge in [-0.05, 0) is 80.4 Å². The van der Waals surface area contributed by atoms with E-state index in [2.05, 4.69) is 53.4 Å². The number of hydrogen-bond donors (Lipinski definition) is 1. The van der Waals surface area contributed by atoms with Crippen LogP contribution >= 0.6 is 11.8 Å². The average Bonchev–Trinajstić information content (AvgIpc) is 2.81. The second kappa shape index (κ2) is 9.80. The molecule has 0 radical (unpaired) electrons. The first-order chi connectivity index (χ1) is 15.9. The van der Waals surface area contributed by atoms with Crippen LogP contribution in [0.5, 0.6) is 5.75 Å². The van der Waals surface area contributed by atoms with Crippen molar-refractivity contribution in [2.75, 3.05) is 11.1 Å². The van der Waals surface area contributed by atoms with Crippen LogP contribution in [0, 0.1) is 6.92 Å². The summed E-state index contributed by atoms with van der Waals surface area (Å²) >= 11 is 1.59. The maximum absolute atomic E-state index is 11.7. The van der Waals surface area contributed by atoms with Gasteiger partial charge in [-0.2, -0.15) is 8.42 Å². The summed E-state index contributed by atoms with van der Waals surface area (Å²) in [6.07, 6.45) is 2.63. The van der Waals surface area contributed by atoms with Crippen LogP contribution in [0.3, 0.4) is 0 Å². The molecule has 2 heterocycles. The Bertz CT molecular complexity index is 1390. The summed E-state index contributed by atoms with van der Waals surface area (Å²) in [4.78, 5) is 11.1. The highest BCUT2D eigenvalue weighted by molar-refractivity contribution is 7.99. The van der Waals surface area contributed by atoms with E-state index in [-0.39, 0.29) is 5.75 Å². The minimum atomic E-state index is -3.54. The first kappa shape index (κ1) is 23.1. The normalized spacial score (nSPS) is 11.5. The Kier molecular flexibility index (Phi) is 6.85. The van der Waals surface area contributed by atoms with E-state index in [0.29, 0.717) is 5.75 Å². The second-order valence-corrected chi connectivity index (χ2v) is 10.5. The van der Waals surface area contributed by atoms with Crippen molar-refractivity contribution in [3.63, 3.8) is 0 Å². The van der Waals surface area contributed by atoms with Crippen molar-refractivity contribution in [1.29, 1.82) is 0 Å². The molecule has 0 aliphatic carbocycles. The SMILES string of the molecule is CCc1ccc2c(Nc3cc(C)ccc3Sc3ccc(OS(=O)(=O)CC)cc3)ccnc2n1. The quantitative estimate of drug-likeness (QED) is 0.305. The molecule has 1 N–H and O–H groups in total. The van der Waals surface area contributed by atoms with Gasteiger partial charge in [0, 0.05) is 27.1 Å². The minimum absolute atomic E-state index is 0.0686. The van der Waals surface area contributed by atoms with Gasteiger partial charge in [-0.1, -0.05) is 24.8 Å². The summed E-state index contributed by atoms with van der Waals surface area (Å²) in [5.41, 5.74) is 4.79. The molecule has 4 aromatic rings. The smallest absolute Gasteiger partial charge is 0.308 e. The molecule has 4 rings (SSSR count). The molecule has 0 aliphatic heterocycles. The molecule has 6 nitrogen and oxygen atoms in total. The van der Waals surface area contributed by atoms with Gasteiger partial charge in [-0.15, -0.1) is 0 Å². The van der Waals surface area contributed by atoms with Crippen LogP contribution in [0.2, 0.25) is 0 Å². The van der Waals surface area contributed by atoms with E-state index < -0.39 is 10.1 Å². The third-order valence-electron chi connectivity index (χ3n) is 5.06. The fourth-order valence-electron chi connectivity index (χ4n) is 3.25. The predicted molar refractivity (Wildman–Crippen MR) is 134 cm³/mol. The Hall–Kier alpha value is -3.10. The molecule has 2 aromatic carbocycles. The van der Waals surface area contributed by atoms with Gasteiger partial charge >= 0.3 is 10.1 Å². The summed E-state index contributed by atoms with van der Waals surface area (Å²) in [6.45, 7) is 5.68. The molecule has 8 heteroatoms. The van der Waals surface area contributed by atoms with Crippen molar-refractivity contribution in [2.24, 2.45) is 0 Å². The Morgan fingerprint density at radius 3 is 2.48 bits per heavy atom. The minimum Gasteiger partial charge on any atom is -0.382 e. The highest BCUT2D eigenvalue weighted by Gasteiger charge is 2.11. The van der Waals surface area contributed by atoms with Crippen LogP contribution < -0.4 is 9.50 Å². The number of aromatic nitrogens is 2. The number of nitrogens with one attached hydrogen (secondary N) is 1. The Morgan fingerprint density at radius 1 is 0.970 bits per heavy atom. The van der Waals surface area contributed by atoms with Crippen molar-refractivity contribution in [2.45, 2.75) is 37.0 Å². The number of anilines is 2. The van der Waals surface area contributed by atoms with Crippen LogP contribution in [-0.4, -0.2) is 24.1 Å². The van der Waals surface area contributed by atoms with Crippen LogP contribution in [-0.2, 0) is 16.5 Å². The molecule has 0 unspecified atom stereocenters. The number of nitrogens with zero attached hydrogens (tertiary/aromatic N) is 2. The maximum atomic E-state index is 11.7. The second-order valence-electron chi connectivity index (χ2n) is 7.51. The van der Waals surface area contributed by atoms with Crippen LogP contribution in [0.25, 0.3) is 11.0 Å². The van der Waals surface area contributed by atoms with E-state index in [9.17, 15) is 8.42 Å². The Morgan fingerprint density at radius 2 is 1.76 bits per heavy atom. The van der Waals surface area contributed by atoms with E-state index in [4.69, 9.17) is 4.18 Å². The molecule has 0 bridgehead atoms. The first-order valence-electron chi connectivity index (χ1n) is 10.7. The summed E-state index contributed by atoms with van der Waals surface area (Å²) in [5.74, 6) is 0.242. The lowest BCUT2D eigenvalue weighted by atomic mass is 10.2. The Labute approximate surface area is 198 Å². The molecule has 0 amide bonds. The fraction of sp³-hybridized carbons (Fsp3) is 0.200. The van der Waals surface area contributed by atoms with E-state index in [1.54, 1.807) is 37.0 Å². The molecule has 2 aromatic heterocycles. The van der Waals surface area contributed by atoms with Gasteiger partial charge in [0.2, 0.25) is 0 Å². The summed E-state index contributed by atoms with van der Waals surface area (Å²) in [6, 6.07) is 19.3. The van der Waals surface area contributed by atoms with Crippen LogP contribution in [0.15, 0.2) is 76.7 Å². The topological polar surface area (TPSA) is 81.2 Å². The van der Waals surface area contributed by atoms with E-state index >= 15 is 0 Å². The van der Waals surface area contributed by atoms with Crippen molar-refractivity contribution in [3.8, 4) is 5.75 Å². The maximum Gasteiger partial charge on any atom is 0.308 e. The number of aryl methyl sites for hydroxylation is 2. The van der Waals surface area contributed by atoms with Gasteiger partial charge in [0.25, 0.3) is 0 Å². The highest BCUT2D eigenvalue weighted by atomic mass is 32.2. The van der Waals surface area contributed by atoms with Crippen LogP contribution in [0.4, 0.5) is 11.4 Å². The van der Waals surface area contributed by atoms with Gasteiger partial charge in [-0.25, -0.2) is 9.97 Å². The van der Waals surface area contributed by atoms with Gasteiger partial charge in [0.15, 0.2) is 5.65 Å². The summed E-state index contributed by atoms with van der Waals surface area (Å²) < 4.78 is 28.4. The van der Waals surface area contributed by atoms with Crippen molar-refractivity contribution in [1.82, 2.24) is 9.97 Å². The van der Waals surface area contributed by atoms with E-state index in [1.165, 1.54) is 0 Å². The lowest BCUT2D eigenvalue weighted by Crippen LogP contribution is -2.11. The number of hydrogen-bond acceptors (Lipinski definition) is 7. The van der Waals surface area contributed by atoms with Crippen molar-refractivity contribution in [3.05, 3.63) is 78.1 Å². The first-order valence-corrected chi connectivity index (χ1v) is 13.1. The predicted octanol–water partition coefficient (Wildman–Crippen LogP) is 6.12. The molecule has 33 heavy (non-hydrogen) atoms. The third-order valence-corrected chi connectivity index (χ3v) is 7.29. The number of benzene rings is 2. The molecule has 0 saturated carbocycles. The van der Waals surface area contributed by atoms with E-state index in [0.717, 1.165) is 49.9 Å². The standard InChI is InChI=1S/C25H25N3O3S2/c1-4-18-7-12-21-22(14-15-26-25(21)27-18)28-23-16-17(3)6-13-24(23)32-20-10-8-19(9-11-20)31-33(29,30)5-2/h6-16H,4-5H2,1-3H3,(H,26,27,28). The zero-order chi connectivity index (χ0) is 23.4. The van der Waals surface area contributed by atoms with Gasteiger partial charge < -0.3 is 9.50 Å². The lowest BCUT2D eigenvalue weighted by Gasteiger charge is -2.15. The molecule has 0 fully saturated rings. The Balaban J connectivity index is 1.61. The van der Waals surface area contributed by atoms with Gasteiger partial charge in [0.05, 0.1) is 17.1 Å². The number of rotatable bonds is 8. The lowest BCUT2D eigenvalue weighted by molar-refractivity contribution is 0.487. The van der Waals surface area contributed by atoms with E-state index in [1.807, 2.05) is 24.3 Å². The highest BCUT2D eigenvalue weighted by Crippen LogP contribution is 2.37. The molecular formula is C25H25N3O3S2. The summed E-state index contributed by atoms with van der Waals surface area (Å²) in [7, 11) is -3.54. The van der Waals surface area contributed by atoms with Gasteiger partial charge in [-0.3, -0.25) is 0 Å². The molecule has 0 spiro atoms. The van der Waals surface area contributed by atoms with Crippen molar-refractivity contribution < 1.29 is 12.6 Å². The number of fused-ring (bicyclic) bond motifs is 1. The monoisotopic (exact) mass is 479 g/mol. The largest absolute Gasteiger partial charge is 0.382 e. The molecule has 170 valence electrons. The fourth-order valence-corrected chi connectivity index (χ4v) is 4.65.